The maximum atomic E-state index is 3.48. The van der Waals surface area contributed by atoms with Crippen LogP contribution in [0.2, 0.25) is 0 Å². The van der Waals surface area contributed by atoms with E-state index in [1.165, 1.54) is 0 Å². The molecule has 0 heterocycles. The van der Waals surface area contributed by atoms with Gasteiger partial charge in [0.15, 0.2) is 4.29 Å². The van der Waals surface area contributed by atoms with E-state index in [2.05, 4.69) is 102 Å². The van der Waals surface area contributed by atoms with E-state index in [1.807, 2.05) is 18.2 Å². The Morgan fingerprint density at radius 2 is 1.50 bits per heavy atom. The summed E-state index contributed by atoms with van der Waals surface area (Å²) in [6.07, 6.45) is 0. The zero-order valence-corrected chi connectivity index (χ0v) is 16.0. The summed E-state index contributed by atoms with van der Waals surface area (Å²) in [6, 6.07) is 8.93. The van der Waals surface area contributed by atoms with Crippen molar-refractivity contribution < 1.29 is 0 Å². The molecule has 1 aromatic carbocycles. The second-order valence-electron chi connectivity index (χ2n) is 2.45. The number of hydrogen-bond donors (Lipinski definition) is 0. The standard InChI is InChI=1S/C8H3Br6/c9-7(10,11)5-3-1-2-4-6(5)8(12,13)14/h1-3H. The molecule has 0 saturated carbocycles. The molecule has 0 amide bonds. The van der Waals surface area contributed by atoms with E-state index in [0.29, 0.717) is 0 Å². The summed E-state index contributed by atoms with van der Waals surface area (Å²) >= 11 is 20.9. The molecule has 0 bridgehead atoms. The van der Waals surface area contributed by atoms with Crippen molar-refractivity contribution in [1.29, 1.82) is 0 Å². The fraction of sp³-hybridized carbons (Fsp3) is 0.250. The lowest BCUT2D eigenvalue weighted by molar-refractivity contribution is 1.23. The molecule has 0 N–H and O–H groups in total. The highest BCUT2D eigenvalue weighted by Gasteiger charge is 2.31. The van der Waals surface area contributed by atoms with Gasteiger partial charge in [-0.2, -0.15) is 0 Å². The molecular formula is C8H3Br6. The second-order valence-corrected chi connectivity index (χ2v) is 16.0. The van der Waals surface area contributed by atoms with Gasteiger partial charge in [0.05, 0.1) is 0 Å². The predicted octanol–water partition coefficient (Wildman–Crippen LogP) is 6.08. The van der Waals surface area contributed by atoms with E-state index in [1.54, 1.807) is 0 Å². The minimum Gasteiger partial charge on any atom is -0.0612 e. The fourth-order valence-corrected chi connectivity index (χ4v) is 2.88. The topological polar surface area (TPSA) is 0 Å². The van der Waals surface area contributed by atoms with E-state index < -0.39 is 4.29 Å². The second kappa shape index (κ2) is 5.17. The quantitative estimate of drug-likeness (QED) is 0.328. The van der Waals surface area contributed by atoms with E-state index in [4.69, 9.17) is 0 Å². The first-order chi connectivity index (χ1) is 6.23. The summed E-state index contributed by atoms with van der Waals surface area (Å²) in [5.74, 6) is 0. The Hall–Kier alpha value is 2.10. The number of rotatable bonds is 0. The molecule has 1 aromatic rings. The molecule has 0 nitrogen and oxygen atoms in total. The third-order valence-corrected chi connectivity index (χ3v) is 3.92. The molecule has 6 heteroatoms. The number of halogens is 6. The first-order valence-corrected chi connectivity index (χ1v) is 8.14. The summed E-state index contributed by atoms with van der Waals surface area (Å²) in [5.41, 5.74) is 1.97. The van der Waals surface area contributed by atoms with Crippen molar-refractivity contribution in [3.63, 3.8) is 0 Å². The average molecular weight is 579 g/mol. The van der Waals surface area contributed by atoms with Gasteiger partial charge in [0.1, 0.15) is 0 Å². The van der Waals surface area contributed by atoms with Crippen LogP contribution in [0.1, 0.15) is 11.1 Å². The van der Waals surface area contributed by atoms with Gasteiger partial charge in [-0.1, -0.05) is 114 Å². The van der Waals surface area contributed by atoms with Crippen LogP contribution in [0.5, 0.6) is 0 Å². The predicted molar refractivity (Wildman–Crippen MR) is 82.2 cm³/mol. The molecule has 77 valence electrons. The summed E-state index contributed by atoms with van der Waals surface area (Å²) in [5, 5.41) is 0. The lowest BCUT2D eigenvalue weighted by Gasteiger charge is -2.22. The Balaban J connectivity index is 3.31. The van der Waals surface area contributed by atoms with Crippen molar-refractivity contribution in [3.8, 4) is 0 Å². The minimum absolute atomic E-state index is 0.444. The van der Waals surface area contributed by atoms with E-state index in [9.17, 15) is 0 Å². The van der Waals surface area contributed by atoms with Crippen LogP contribution in [0, 0.1) is 6.07 Å². The zero-order valence-electron chi connectivity index (χ0n) is 6.50. The van der Waals surface area contributed by atoms with E-state index >= 15 is 0 Å². The van der Waals surface area contributed by atoms with Crippen molar-refractivity contribution in [2.45, 2.75) is 4.29 Å². The summed E-state index contributed by atoms with van der Waals surface area (Å²) in [7, 11) is 0. The average Bonchev–Trinajstić information content (AvgIpc) is 2.01. The Bertz CT molecular complexity index is 288. The maximum absolute atomic E-state index is 3.48. The molecular weight excluding hydrogens is 576 g/mol. The first-order valence-electron chi connectivity index (χ1n) is 3.38. The van der Waals surface area contributed by atoms with Crippen molar-refractivity contribution in [3.05, 3.63) is 35.4 Å². The molecule has 0 atom stereocenters. The normalized spacial score (nSPS) is 13.0. The first kappa shape index (κ1) is 14.2. The van der Waals surface area contributed by atoms with Crippen molar-refractivity contribution in [2.24, 2.45) is 0 Å². The summed E-state index contributed by atoms with van der Waals surface area (Å²) < 4.78 is -0.912. The molecule has 0 saturated heterocycles. The van der Waals surface area contributed by atoms with Crippen LogP contribution >= 0.6 is 95.6 Å². The van der Waals surface area contributed by atoms with Crippen LogP contribution in [0.15, 0.2) is 18.2 Å². The highest BCUT2D eigenvalue weighted by Crippen LogP contribution is 2.52. The van der Waals surface area contributed by atoms with Gasteiger partial charge < -0.3 is 0 Å². The van der Waals surface area contributed by atoms with Gasteiger partial charge in [0.25, 0.3) is 0 Å². The van der Waals surface area contributed by atoms with Crippen molar-refractivity contribution in [1.82, 2.24) is 0 Å². The zero-order chi connectivity index (χ0) is 11.0. The molecule has 0 unspecified atom stereocenters. The molecule has 1 rings (SSSR count). The minimum atomic E-state index is -0.468. The monoisotopic (exact) mass is 573 g/mol. The smallest absolute Gasteiger partial charge is 0.0612 e. The van der Waals surface area contributed by atoms with Crippen LogP contribution in [0.25, 0.3) is 0 Å². The van der Waals surface area contributed by atoms with Crippen LogP contribution < -0.4 is 0 Å². The summed E-state index contributed by atoms with van der Waals surface area (Å²) in [4.78, 5) is 0. The molecule has 0 aliphatic heterocycles. The van der Waals surface area contributed by atoms with Crippen LogP contribution in [0.3, 0.4) is 0 Å². The van der Waals surface area contributed by atoms with Gasteiger partial charge in [-0.3, -0.25) is 0 Å². The van der Waals surface area contributed by atoms with Gasteiger partial charge in [0, 0.05) is 5.56 Å². The molecule has 0 spiro atoms. The van der Waals surface area contributed by atoms with Gasteiger partial charge in [-0.15, -0.1) is 0 Å². The van der Waals surface area contributed by atoms with Crippen molar-refractivity contribution in [2.75, 3.05) is 0 Å². The van der Waals surface area contributed by atoms with E-state index in [-0.39, 0.29) is 0 Å². The number of hydrogen-bond acceptors (Lipinski definition) is 0. The molecule has 0 aliphatic rings. The van der Waals surface area contributed by atoms with E-state index in [0.717, 1.165) is 11.1 Å². The van der Waals surface area contributed by atoms with Crippen LogP contribution in [-0.2, 0) is 4.29 Å². The molecule has 0 fully saturated rings. The lowest BCUT2D eigenvalue weighted by Crippen LogP contribution is -2.09. The molecule has 14 heavy (non-hydrogen) atoms. The number of benzene rings is 1. The summed E-state index contributed by atoms with van der Waals surface area (Å²) in [6.45, 7) is 0. The highest BCUT2D eigenvalue weighted by molar-refractivity contribution is 9.39. The molecule has 0 aromatic heterocycles. The van der Waals surface area contributed by atoms with Gasteiger partial charge in [0.2, 0.25) is 0 Å². The SMILES string of the molecule is BrC(Br)(Br)c1[c]cccc1C(Br)(Br)Br. The van der Waals surface area contributed by atoms with Crippen molar-refractivity contribution >= 4 is 95.6 Å². The third-order valence-electron chi connectivity index (χ3n) is 1.44. The highest BCUT2D eigenvalue weighted by atomic mass is 80.0. The third kappa shape index (κ3) is 3.84. The lowest BCUT2D eigenvalue weighted by atomic mass is 10.1. The van der Waals surface area contributed by atoms with Gasteiger partial charge in [-0.05, 0) is 11.6 Å². The Kier molecular flexibility index (Phi) is 5.23. The molecule has 1 radical (unpaired) electrons. The molecule has 0 aliphatic carbocycles. The van der Waals surface area contributed by atoms with Gasteiger partial charge >= 0.3 is 0 Å². The Morgan fingerprint density at radius 3 is 1.86 bits per heavy atom. The Labute approximate surface area is 133 Å². The Morgan fingerprint density at radius 1 is 0.929 bits per heavy atom. The maximum Gasteiger partial charge on any atom is 0.160 e. The van der Waals surface area contributed by atoms with Crippen LogP contribution in [0.4, 0.5) is 0 Å². The van der Waals surface area contributed by atoms with Crippen LogP contribution in [-0.4, -0.2) is 0 Å². The largest absolute Gasteiger partial charge is 0.160 e. The fourth-order valence-electron chi connectivity index (χ4n) is 0.908. The number of alkyl halides is 6. The van der Waals surface area contributed by atoms with Gasteiger partial charge in [-0.25, -0.2) is 0 Å².